The number of carbonyl (C=O) groups excluding carboxylic acids is 1. The van der Waals surface area contributed by atoms with E-state index in [4.69, 9.17) is 4.74 Å². The SMILES string of the molecule is Cc1nc(CCNC(=O)Oc2ccccc2)cs1. The first-order chi connectivity index (χ1) is 8.74. The smallest absolute Gasteiger partial charge is 0.410 e. The highest BCUT2D eigenvalue weighted by Crippen LogP contribution is 2.09. The maximum Gasteiger partial charge on any atom is 0.412 e. The van der Waals surface area contributed by atoms with Gasteiger partial charge in [-0.15, -0.1) is 11.3 Å². The topological polar surface area (TPSA) is 51.2 Å². The molecule has 1 aromatic carbocycles. The van der Waals surface area contributed by atoms with Crippen molar-refractivity contribution in [3.05, 3.63) is 46.4 Å². The van der Waals surface area contributed by atoms with E-state index in [9.17, 15) is 4.79 Å². The minimum atomic E-state index is -0.437. The third-order valence-electron chi connectivity index (χ3n) is 2.27. The predicted molar refractivity (Wildman–Crippen MR) is 71.0 cm³/mol. The first-order valence-corrected chi connectivity index (χ1v) is 6.54. The molecule has 0 fully saturated rings. The zero-order chi connectivity index (χ0) is 12.8. The van der Waals surface area contributed by atoms with Crippen molar-refractivity contribution in [3.8, 4) is 5.75 Å². The molecule has 0 spiro atoms. The van der Waals surface area contributed by atoms with E-state index in [0.29, 0.717) is 18.7 Å². The summed E-state index contributed by atoms with van der Waals surface area (Å²) in [4.78, 5) is 15.8. The number of para-hydroxylation sites is 1. The Morgan fingerprint density at radius 3 is 2.83 bits per heavy atom. The molecule has 2 rings (SSSR count). The van der Waals surface area contributed by atoms with E-state index < -0.39 is 6.09 Å². The van der Waals surface area contributed by atoms with Gasteiger partial charge in [-0.1, -0.05) is 18.2 Å². The van der Waals surface area contributed by atoms with E-state index in [0.717, 1.165) is 10.7 Å². The fourth-order valence-corrected chi connectivity index (χ4v) is 2.09. The quantitative estimate of drug-likeness (QED) is 0.921. The summed E-state index contributed by atoms with van der Waals surface area (Å²) in [6.45, 7) is 2.49. The Bertz CT molecular complexity index is 511. The van der Waals surface area contributed by atoms with Crippen molar-refractivity contribution in [1.29, 1.82) is 0 Å². The molecule has 0 atom stereocenters. The number of nitrogens with one attached hydrogen (secondary N) is 1. The number of hydrogen-bond donors (Lipinski definition) is 1. The molecule has 5 heteroatoms. The number of aromatic nitrogens is 1. The van der Waals surface area contributed by atoms with E-state index in [1.165, 1.54) is 0 Å². The number of ether oxygens (including phenoxy) is 1. The normalized spacial score (nSPS) is 10.1. The minimum Gasteiger partial charge on any atom is -0.410 e. The van der Waals surface area contributed by atoms with Gasteiger partial charge in [0.25, 0.3) is 0 Å². The molecule has 18 heavy (non-hydrogen) atoms. The summed E-state index contributed by atoms with van der Waals surface area (Å²) in [7, 11) is 0. The van der Waals surface area contributed by atoms with Crippen molar-refractivity contribution in [2.24, 2.45) is 0 Å². The summed E-state index contributed by atoms with van der Waals surface area (Å²) < 4.78 is 5.09. The maximum atomic E-state index is 11.5. The van der Waals surface area contributed by atoms with Crippen LogP contribution in [0.2, 0.25) is 0 Å². The van der Waals surface area contributed by atoms with Gasteiger partial charge in [-0.3, -0.25) is 0 Å². The maximum absolute atomic E-state index is 11.5. The van der Waals surface area contributed by atoms with Crippen LogP contribution in [-0.2, 0) is 6.42 Å². The van der Waals surface area contributed by atoms with Gasteiger partial charge in [0, 0.05) is 18.3 Å². The van der Waals surface area contributed by atoms with Crippen LogP contribution in [0.3, 0.4) is 0 Å². The molecule has 0 aliphatic heterocycles. The molecule has 0 saturated carbocycles. The van der Waals surface area contributed by atoms with Crippen molar-refractivity contribution in [2.45, 2.75) is 13.3 Å². The van der Waals surface area contributed by atoms with Gasteiger partial charge in [0.2, 0.25) is 0 Å². The van der Waals surface area contributed by atoms with E-state index in [1.54, 1.807) is 23.5 Å². The summed E-state index contributed by atoms with van der Waals surface area (Å²) in [6, 6.07) is 8.99. The van der Waals surface area contributed by atoms with Crippen molar-refractivity contribution < 1.29 is 9.53 Å². The van der Waals surface area contributed by atoms with Crippen LogP contribution in [0.1, 0.15) is 10.7 Å². The number of rotatable bonds is 4. The van der Waals surface area contributed by atoms with Crippen molar-refractivity contribution in [3.63, 3.8) is 0 Å². The minimum absolute atomic E-state index is 0.437. The Morgan fingerprint density at radius 2 is 2.17 bits per heavy atom. The fraction of sp³-hybridized carbons (Fsp3) is 0.231. The molecule has 0 unspecified atom stereocenters. The molecule has 94 valence electrons. The molecule has 1 heterocycles. The molecular formula is C13H14N2O2S. The average Bonchev–Trinajstić information content (AvgIpc) is 2.76. The zero-order valence-electron chi connectivity index (χ0n) is 10.1. The van der Waals surface area contributed by atoms with Crippen LogP contribution in [0.5, 0.6) is 5.75 Å². The number of hydrogen-bond acceptors (Lipinski definition) is 4. The lowest BCUT2D eigenvalue weighted by Crippen LogP contribution is -2.28. The summed E-state index contributed by atoms with van der Waals surface area (Å²) in [5, 5.41) is 5.73. The highest BCUT2D eigenvalue weighted by molar-refractivity contribution is 7.09. The molecule has 2 aromatic rings. The van der Waals surface area contributed by atoms with E-state index in [1.807, 2.05) is 30.5 Å². The average molecular weight is 262 g/mol. The van der Waals surface area contributed by atoms with Gasteiger partial charge < -0.3 is 10.1 Å². The molecule has 1 amide bonds. The number of thiazole rings is 1. The lowest BCUT2D eigenvalue weighted by Gasteiger charge is -2.05. The Labute approximate surface area is 110 Å². The van der Waals surface area contributed by atoms with Gasteiger partial charge in [0.05, 0.1) is 10.7 Å². The molecule has 0 aliphatic rings. The first-order valence-electron chi connectivity index (χ1n) is 5.66. The summed E-state index contributed by atoms with van der Waals surface area (Å²) in [5.74, 6) is 0.541. The van der Waals surface area contributed by atoms with Crippen LogP contribution in [0.15, 0.2) is 35.7 Å². The first kappa shape index (κ1) is 12.6. The van der Waals surface area contributed by atoms with Gasteiger partial charge >= 0.3 is 6.09 Å². The Kier molecular flexibility index (Phi) is 4.30. The highest BCUT2D eigenvalue weighted by atomic mass is 32.1. The van der Waals surface area contributed by atoms with Crippen LogP contribution < -0.4 is 10.1 Å². The third kappa shape index (κ3) is 3.85. The second kappa shape index (κ2) is 6.16. The summed E-state index contributed by atoms with van der Waals surface area (Å²) >= 11 is 1.61. The van der Waals surface area contributed by atoms with Gasteiger partial charge in [-0.25, -0.2) is 9.78 Å². The van der Waals surface area contributed by atoms with Crippen molar-refractivity contribution >= 4 is 17.4 Å². The van der Waals surface area contributed by atoms with Crippen LogP contribution in [0, 0.1) is 6.92 Å². The van der Waals surface area contributed by atoms with Crippen LogP contribution in [-0.4, -0.2) is 17.6 Å². The second-order valence-electron chi connectivity index (χ2n) is 3.74. The molecule has 0 aliphatic carbocycles. The van der Waals surface area contributed by atoms with Gasteiger partial charge in [-0.2, -0.15) is 0 Å². The highest BCUT2D eigenvalue weighted by Gasteiger charge is 2.04. The molecular weight excluding hydrogens is 248 g/mol. The molecule has 4 nitrogen and oxygen atoms in total. The predicted octanol–water partition coefficient (Wildman–Crippen LogP) is 2.78. The summed E-state index contributed by atoms with van der Waals surface area (Å²) in [5.41, 5.74) is 0.998. The Balaban J connectivity index is 1.72. The second-order valence-corrected chi connectivity index (χ2v) is 4.80. The van der Waals surface area contributed by atoms with Crippen molar-refractivity contribution in [2.75, 3.05) is 6.54 Å². The van der Waals surface area contributed by atoms with Crippen LogP contribution >= 0.6 is 11.3 Å². The van der Waals surface area contributed by atoms with E-state index in [2.05, 4.69) is 10.3 Å². The molecule has 0 radical (unpaired) electrons. The van der Waals surface area contributed by atoms with Crippen molar-refractivity contribution in [1.82, 2.24) is 10.3 Å². The van der Waals surface area contributed by atoms with Gasteiger partial charge in [0.1, 0.15) is 5.75 Å². The standard InChI is InChI=1S/C13H14N2O2S/c1-10-15-11(9-18-10)7-8-14-13(16)17-12-5-3-2-4-6-12/h2-6,9H,7-8H2,1H3,(H,14,16). The molecule has 1 aromatic heterocycles. The van der Waals surface area contributed by atoms with Crippen LogP contribution in [0.4, 0.5) is 4.79 Å². The lowest BCUT2D eigenvalue weighted by atomic mass is 10.3. The summed E-state index contributed by atoms with van der Waals surface area (Å²) in [6.07, 6.45) is 0.280. The van der Waals surface area contributed by atoms with E-state index >= 15 is 0 Å². The number of aryl methyl sites for hydroxylation is 1. The van der Waals surface area contributed by atoms with Gasteiger partial charge in [-0.05, 0) is 19.1 Å². The Morgan fingerprint density at radius 1 is 1.39 bits per heavy atom. The lowest BCUT2D eigenvalue weighted by molar-refractivity contribution is 0.200. The molecule has 0 bridgehead atoms. The van der Waals surface area contributed by atoms with Gasteiger partial charge in [0.15, 0.2) is 0 Å². The number of amides is 1. The number of carbonyl (C=O) groups is 1. The largest absolute Gasteiger partial charge is 0.412 e. The molecule has 1 N–H and O–H groups in total. The zero-order valence-corrected chi connectivity index (χ0v) is 10.9. The Hall–Kier alpha value is -1.88. The van der Waals surface area contributed by atoms with Crippen LogP contribution in [0.25, 0.3) is 0 Å². The number of nitrogens with zero attached hydrogens (tertiary/aromatic N) is 1. The van der Waals surface area contributed by atoms with E-state index in [-0.39, 0.29) is 0 Å². The third-order valence-corrected chi connectivity index (χ3v) is 3.09. The monoisotopic (exact) mass is 262 g/mol. The molecule has 0 saturated heterocycles. The fourth-order valence-electron chi connectivity index (χ4n) is 1.45. The number of benzene rings is 1.